The van der Waals surface area contributed by atoms with E-state index in [2.05, 4.69) is 0 Å². The zero-order chi connectivity index (χ0) is 31.8. The number of aromatic nitrogens is 3. The van der Waals surface area contributed by atoms with E-state index in [-0.39, 0.29) is 19.0 Å². The third-order valence-electron chi connectivity index (χ3n) is 8.60. The van der Waals surface area contributed by atoms with Crippen molar-refractivity contribution in [2.75, 3.05) is 13.2 Å². The molecule has 0 saturated carbocycles. The van der Waals surface area contributed by atoms with Crippen molar-refractivity contribution in [2.45, 2.75) is 60.3 Å². The molecule has 9 heteroatoms. The molecule has 5 aromatic rings. The van der Waals surface area contributed by atoms with Crippen LogP contribution in [0.25, 0.3) is 22.0 Å². The van der Waals surface area contributed by atoms with Crippen molar-refractivity contribution in [3.63, 3.8) is 0 Å². The van der Waals surface area contributed by atoms with Gasteiger partial charge in [-0.2, -0.15) is 5.10 Å². The van der Waals surface area contributed by atoms with E-state index in [0.29, 0.717) is 60.6 Å². The van der Waals surface area contributed by atoms with Gasteiger partial charge in [0.1, 0.15) is 17.3 Å². The molecule has 6 rings (SSSR count). The van der Waals surface area contributed by atoms with Crippen LogP contribution in [0.15, 0.2) is 48.5 Å². The van der Waals surface area contributed by atoms with Crippen LogP contribution >= 0.6 is 11.6 Å². The molecule has 3 heterocycles. The summed E-state index contributed by atoms with van der Waals surface area (Å²) in [6.45, 7) is 9.20. The van der Waals surface area contributed by atoms with Crippen molar-refractivity contribution in [1.82, 2.24) is 14.3 Å². The molecule has 3 aromatic carbocycles. The number of carbonyl (C=O) groups excluding carboxylic acids is 1. The standard InChI is InChI=1S/C36H37ClFN3O4/c1-6-44-36(42)35-27(12-9-15-45-26-16-21(2)33(37)22(3)17-26)28-13-14-29(38)32-31-23(4)40(5)39-30(31)20-43-19-25-11-8-7-10-24(25)18-41(35)34(28)32/h7-8,10-11,13-14,16-17H,6,9,12,15,18-20H2,1-5H3. The normalized spacial score (nSPS) is 12.9. The van der Waals surface area contributed by atoms with Gasteiger partial charge in [0.05, 0.1) is 37.6 Å². The molecule has 45 heavy (non-hydrogen) atoms. The molecule has 234 valence electrons. The Morgan fingerprint density at radius 2 is 1.78 bits per heavy atom. The van der Waals surface area contributed by atoms with Crippen LogP contribution in [0.1, 0.15) is 63.0 Å². The zero-order valence-electron chi connectivity index (χ0n) is 26.3. The molecule has 2 aromatic heterocycles. The quantitative estimate of drug-likeness (QED) is 0.135. The molecule has 0 bridgehead atoms. The van der Waals surface area contributed by atoms with Gasteiger partial charge in [-0.1, -0.05) is 35.9 Å². The van der Waals surface area contributed by atoms with E-state index in [0.717, 1.165) is 49.7 Å². The Balaban J connectivity index is 1.53. The second kappa shape index (κ2) is 12.7. The third-order valence-corrected chi connectivity index (χ3v) is 9.19. The summed E-state index contributed by atoms with van der Waals surface area (Å²) < 4.78 is 37.8. The average Bonchev–Trinajstić information content (AvgIpc) is 3.46. The number of ether oxygens (including phenoxy) is 3. The Morgan fingerprint density at radius 3 is 2.51 bits per heavy atom. The number of fused-ring (bicyclic) bond motifs is 3. The number of benzene rings is 3. The SMILES string of the molecule is CCOC(=O)c1c(CCCOc2cc(C)c(Cl)c(C)c2)c2ccc(F)c3c2n1Cc1ccccc1COCc1nn(C)c(C)c1-3. The first kappa shape index (κ1) is 30.9. The molecule has 0 radical (unpaired) electrons. The van der Waals surface area contributed by atoms with Crippen LogP contribution < -0.4 is 4.74 Å². The zero-order valence-corrected chi connectivity index (χ0v) is 27.1. The lowest BCUT2D eigenvalue weighted by molar-refractivity contribution is 0.0513. The maximum atomic E-state index is 16.2. The Kier molecular flexibility index (Phi) is 8.71. The lowest BCUT2D eigenvalue weighted by atomic mass is 9.97. The predicted octanol–water partition coefficient (Wildman–Crippen LogP) is 8.03. The molecule has 0 amide bonds. The number of hydrogen-bond donors (Lipinski definition) is 0. The second-order valence-electron chi connectivity index (χ2n) is 11.6. The third kappa shape index (κ3) is 5.73. The van der Waals surface area contributed by atoms with Crippen LogP contribution in [0, 0.1) is 26.6 Å². The molecule has 0 atom stereocenters. The summed E-state index contributed by atoms with van der Waals surface area (Å²) in [5.74, 6) is -0.0729. The van der Waals surface area contributed by atoms with Crippen LogP contribution in [0.3, 0.4) is 0 Å². The van der Waals surface area contributed by atoms with Gasteiger partial charge in [-0.15, -0.1) is 0 Å². The largest absolute Gasteiger partial charge is 0.494 e. The number of hydrogen-bond acceptors (Lipinski definition) is 5. The van der Waals surface area contributed by atoms with Gasteiger partial charge >= 0.3 is 5.97 Å². The maximum Gasteiger partial charge on any atom is 0.355 e. The second-order valence-corrected chi connectivity index (χ2v) is 11.9. The van der Waals surface area contributed by atoms with Crippen molar-refractivity contribution in [1.29, 1.82) is 0 Å². The lowest BCUT2D eigenvalue weighted by Crippen LogP contribution is -2.16. The van der Waals surface area contributed by atoms with Crippen molar-refractivity contribution >= 4 is 28.5 Å². The van der Waals surface area contributed by atoms with Crippen molar-refractivity contribution in [3.05, 3.63) is 104 Å². The highest BCUT2D eigenvalue weighted by Gasteiger charge is 2.30. The monoisotopic (exact) mass is 629 g/mol. The molecule has 7 nitrogen and oxygen atoms in total. The van der Waals surface area contributed by atoms with E-state index in [1.165, 1.54) is 6.07 Å². The minimum absolute atomic E-state index is 0.218. The van der Waals surface area contributed by atoms with E-state index >= 15 is 4.39 Å². The van der Waals surface area contributed by atoms with Crippen molar-refractivity contribution in [3.8, 4) is 16.9 Å². The predicted molar refractivity (Wildman–Crippen MR) is 174 cm³/mol. The summed E-state index contributed by atoms with van der Waals surface area (Å²) in [5.41, 5.74) is 8.32. The van der Waals surface area contributed by atoms with Gasteiger partial charge in [-0.25, -0.2) is 9.18 Å². The summed E-state index contributed by atoms with van der Waals surface area (Å²) >= 11 is 6.35. The number of halogens is 2. The highest BCUT2D eigenvalue weighted by molar-refractivity contribution is 6.32. The van der Waals surface area contributed by atoms with E-state index in [9.17, 15) is 4.79 Å². The minimum Gasteiger partial charge on any atom is -0.494 e. The van der Waals surface area contributed by atoms with Gasteiger partial charge < -0.3 is 18.8 Å². The van der Waals surface area contributed by atoms with Gasteiger partial charge in [0.2, 0.25) is 0 Å². The molecule has 1 aliphatic rings. The average molecular weight is 630 g/mol. The van der Waals surface area contributed by atoms with Crippen LogP contribution in [-0.2, 0) is 42.7 Å². The van der Waals surface area contributed by atoms with Crippen molar-refractivity contribution in [2.24, 2.45) is 7.05 Å². The number of esters is 1. The smallest absolute Gasteiger partial charge is 0.355 e. The van der Waals surface area contributed by atoms with Crippen LogP contribution in [0.4, 0.5) is 4.39 Å². The fourth-order valence-corrected chi connectivity index (χ4v) is 6.50. The molecule has 0 N–H and O–H groups in total. The number of aryl methyl sites for hydroxylation is 4. The molecular weight excluding hydrogens is 593 g/mol. The fraction of sp³-hybridized carbons (Fsp3) is 0.333. The highest BCUT2D eigenvalue weighted by atomic mass is 35.5. The number of nitrogens with zero attached hydrogens (tertiary/aromatic N) is 3. The molecule has 1 aliphatic heterocycles. The van der Waals surface area contributed by atoms with Crippen molar-refractivity contribution < 1.29 is 23.4 Å². The van der Waals surface area contributed by atoms with E-state index in [1.807, 2.05) is 68.8 Å². The summed E-state index contributed by atoms with van der Waals surface area (Å²) in [4.78, 5) is 13.8. The van der Waals surface area contributed by atoms with Crippen LogP contribution in [-0.4, -0.2) is 33.5 Å². The van der Waals surface area contributed by atoms with E-state index in [4.69, 9.17) is 30.9 Å². The first-order valence-corrected chi connectivity index (χ1v) is 15.6. The summed E-state index contributed by atoms with van der Waals surface area (Å²) in [7, 11) is 1.85. The summed E-state index contributed by atoms with van der Waals surface area (Å²) in [6.07, 6.45) is 1.15. The molecule has 0 fully saturated rings. The Labute approximate surface area is 267 Å². The summed E-state index contributed by atoms with van der Waals surface area (Å²) in [6, 6.07) is 15.1. The van der Waals surface area contributed by atoms with Gasteiger partial charge in [0, 0.05) is 40.8 Å². The number of rotatable bonds is 7. The first-order valence-electron chi connectivity index (χ1n) is 15.3. The van der Waals surface area contributed by atoms with Gasteiger partial charge in [0.25, 0.3) is 0 Å². The fourth-order valence-electron chi connectivity index (χ4n) is 6.39. The van der Waals surface area contributed by atoms with Crippen LogP contribution in [0.5, 0.6) is 5.75 Å². The Bertz CT molecular complexity index is 1900. The van der Waals surface area contributed by atoms with E-state index < -0.39 is 5.97 Å². The van der Waals surface area contributed by atoms with Gasteiger partial charge in [-0.05, 0) is 92.6 Å². The Hall–Kier alpha value is -4.14. The van der Waals surface area contributed by atoms with Crippen LogP contribution in [0.2, 0.25) is 5.02 Å². The molecule has 0 spiro atoms. The van der Waals surface area contributed by atoms with E-state index in [1.54, 1.807) is 17.7 Å². The minimum atomic E-state index is -0.438. The maximum absolute atomic E-state index is 16.2. The highest BCUT2D eigenvalue weighted by Crippen LogP contribution is 2.41. The molecular formula is C36H37ClFN3O4. The van der Waals surface area contributed by atoms with Gasteiger partial charge in [-0.3, -0.25) is 4.68 Å². The number of carbonyl (C=O) groups is 1. The molecule has 0 saturated heterocycles. The Morgan fingerprint density at radius 1 is 1.04 bits per heavy atom. The summed E-state index contributed by atoms with van der Waals surface area (Å²) in [5, 5.41) is 6.25. The van der Waals surface area contributed by atoms with Gasteiger partial charge in [0.15, 0.2) is 0 Å². The molecule has 0 aliphatic carbocycles. The molecule has 0 unspecified atom stereocenters. The topological polar surface area (TPSA) is 67.5 Å². The lowest BCUT2D eigenvalue weighted by Gasteiger charge is -2.16. The first-order chi connectivity index (χ1) is 21.7.